The molecule has 0 unspecified atom stereocenters. The molecule has 2 aromatic heterocycles. The number of nitrogen functional groups attached to an aromatic ring is 2. The fourth-order valence-electron chi connectivity index (χ4n) is 1.52. The Balaban J connectivity index is 2.69. The molecule has 0 aromatic carbocycles. The summed E-state index contributed by atoms with van der Waals surface area (Å²) >= 11 is 0. The molecule has 0 bridgehead atoms. The van der Waals surface area contributed by atoms with E-state index in [9.17, 15) is 0 Å². The van der Waals surface area contributed by atoms with Crippen LogP contribution in [0.4, 0.5) is 11.6 Å². The second-order valence-corrected chi connectivity index (χ2v) is 3.21. The van der Waals surface area contributed by atoms with E-state index in [-0.39, 0.29) is 0 Å². The fraction of sp³-hybridized carbons (Fsp3) is 0.333. The zero-order valence-corrected chi connectivity index (χ0v) is 8.07. The molecular formula is C9H13N5. The van der Waals surface area contributed by atoms with Gasteiger partial charge in [-0.1, -0.05) is 13.3 Å². The molecule has 0 saturated carbocycles. The number of rotatable bonds is 2. The van der Waals surface area contributed by atoms with Crippen LogP contribution in [-0.4, -0.2) is 14.6 Å². The molecule has 14 heavy (non-hydrogen) atoms. The van der Waals surface area contributed by atoms with Crippen LogP contribution in [-0.2, 0) is 6.42 Å². The van der Waals surface area contributed by atoms with Gasteiger partial charge in [0.1, 0.15) is 11.6 Å². The molecule has 2 rings (SSSR count). The molecule has 4 N–H and O–H groups in total. The first-order valence-electron chi connectivity index (χ1n) is 4.61. The van der Waals surface area contributed by atoms with E-state index in [4.69, 9.17) is 11.5 Å². The zero-order valence-electron chi connectivity index (χ0n) is 8.07. The number of nitrogens with two attached hydrogens (primary N) is 2. The number of hydrogen-bond acceptors (Lipinski definition) is 4. The first-order valence-corrected chi connectivity index (χ1v) is 4.61. The summed E-state index contributed by atoms with van der Waals surface area (Å²) in [4.78, 5) is 4.21. The van der Waals surface area contributed by atoms with Crippen LogP contribution in [0.25, 0.3) is 5.65 Å². The van der Waals surface area contributed by atoms with Gasteiger partial charge in [0, 0.05) is 11.6 Å². The molecule has 0 aliphatic carbocycles. The molecule has 0 aliphatic heterocycles. The predicted molar refractivity (Wildman–Crippen MR) is 55.8 cm³/mol. The third-order valence-corrected chi connectivity index (χ3v) is 2.20. The summed E-state index contributed by atoms with van der Waals surface area (Å²) in [6.07, 6.45) is 3.48. The van der Waals surface area contributed by atoms with Gasteiger partial charge in [0.2, 0.25) is 0 Å². The van der Waals surface area contributed by atoms with Gasteiger partial charge in [-0.3, -0.25) is 0 Å². The quantitative estimate of drug-likeness (QED) is 0.737. The lowest BCUT2D eigenvalue weighted by Crippen LogP contribution is -2.09. The highest BCUT2D eigenvalue weighted by molar-refractivity contribution is 5.60. The Morgan fingerprint density at radius 2 is 2.21 bits per heavy atom. The molecule has 0 amide bonds. The summed E-state index contributed by atoms with van der Waals surface area (Å²) in [7, 11) is 0. The third-order valence-electron chi connectivity index (χ3n) is 2.20. The van der Waals surface area contributed by atoms with E-state index < -0.39 is 0 Å². The van der Waals surface area contributed by atoms with E-state index in [1.165, 1.54) is 0 Å². The van der Waals surface area contributed by atoms with E-state index in [2.05, 4.69) is 17.0 Å². The lowest BCUT2D eigenvalue weighted by Gasteiger charge is -2.08. The van der Waals surface area contributed by atoms with Gasteiger partial charge >= 0.3 is 0 Å². The van der Waals surface area contributed by atoms with Crippen molar-refractivity contribution in [1.29, 1.82) is 0 Å². The van der Waals surface area contributed by atoms with Crippen LogP contribution in [0.3, 0.4) is 0 Å². The summed E-state index contributed by atoms with van der Waals surface area (Å²) < 4.78 is 1.61. The van der Waals surface area contributed by atoms with Crippen LogP contribution in [0.2, 0.25) is 0 Å². The summed E-state index contributed by atoms with van der Waals surface area (Å²) in [5.74, 6) is 1.11. The molecule has 0 spiro atoms. The minimum Gasteiger partial charge on any atom is -0.383 e. The molecule has 0 aliphatic rings. The van der Waals surface area contributed by atoms with Crippen molar-refractivity contribution < 1.29 is 0 Å². The Morgan fingerprint density at radius 1 is 1.43 bits per heavy atom. The van der Waals surface area contributed by atoms with Crippen LogP contribution in [0.5, 0.6) is 0 Å². The zero-order chi connectivity index (χ0) is 10.1. The summed E-state index contributed by atoms with van der Waals surface area (Å²) in [5, 5.41) is 4.08. The van der Waals surface area contributed by atoms with Gasteiger partial charge in [0.15, 0.2) is 5.65 Å². The van der Waals surface area contributed by atoms with Crippen molar-refractivity contribution in [3.05, 3.63) is 17.8 Å². The monoisotopic (exact) mass is 191 g/mol. The predicted octanol–water partition coefficient (Wildman–Crippen LogP) is 0.846. The number of nitrogens with zero attached hydrogens (tertiary/aromatic N) is 3. The van der Waals surface area contributed by atoms with Crippen molar-refractivity contribution >= 4 is 17.3 Å². The summed E-state index contributed by atoms with van der Waals surface area (Å²) in [5.41, 5.74) is 13.3. The Kier molecular flexibility index (Phi) is 1.99. The van der Waals surface area contributed by atoms with Crippen LogP contribution in [0, 0.1) is 0 Å². The highest BCUT2D eigenvalue weighted by Crippen LogP contribution is 2.20. The Hall–Kier alpha value is -1.78. The lowest BCUT2D eigenvalue weighted by molar-refractivity contribution is 0.879. The van der Waals surface area contributed by atoms with E-state index in [1.54, 1.807) is 16.8 Å². The maximum Gasteiger partial charge on any atom is 0.159 e. The smallest absolute Gasteiger partial charge is 0.159 e. The van der Waals surface area contributed by atoms with E-state index in [0.29, 0.717) is 17.3 Å². The largest absolute Gasteiger partial charge is 0.383 e. The minimum atomic E-state index is 0.511. The molecule has 0 atom stereocenters. The van der Waals surface area contributed by atoms with E-state index in [0.717, 1.165) is 18.4 Å². The van der Waals surface area contributed by atoms with Crippen LogP contribution >= 0.6 is 0 Å². The van der Waals surface area contributed by atoms with Gasteiger partial charge in [0.05, 0.1) is 6.20 Å². The Morgan fingerprint density at radius 3 is 2.93 bits per heavy atom. The van der Waals surface area contributed by atoms with E-state index in [1.807, 2.05) is 0 Å². The molecule has 2 aromatic rings. The highest BCUT2D eigenvalue weighted by atomic mass is 15.3. The maximum atomic E-state index is 5.93. The minimum absolute atomic E-state index is 0.511. The van der Waals surface area contributed by atoms with Gasteiger partial charge in [-0.15, -0.1) is 0 Å². The number of fused-ring (bicyclic) bond motifs is 1. The van der Waals surface area contributed by atoms with Gasteiger partial charge in [-0.25, -0.2) is 4.98 Å². The highest BCUT2D eigenvalue weighted by Gasteiger charge is 2.09. The van der Waals surface area contributed by atoms with Gasteiger partial charge in [-0.2, -0.15) is 9.61 Å². The van der Waals surface area contributed by atoms with Crippen molar-refractivity contribution in [2.45, 2.75) is 19.8 Å². The van der Waals surface area contributed by atoms with Gasteiger partial charge in [0.25, 0.3) is 0 Å². The SMILES string of the molecule is CCCc1c(N)nc2ccnn2c1N. The van der Waals surface area contributed by atoms with Crippen molar-refractivity contribution in [2.75, 3.05) is 11.5 Å². The van der Waals surface area contributed by atoms with Crippen LogP contribution in [0.15, 0.2) is 12.3 Å². The molecule has 74 valence electrons. The standard InChI is InChI=1S/C9H13N5/c1-2-3-6-8(10)13-7-4-5-12-14(7)9(6)11/h4-5H,2-3,11H2,1H3,(H2,10,13). The molecule has 2 heterocycles. The van der Waals surface area contributed by atoms with Crippen molar-refractivity contribution in [1.82, 2.24) is 14.6 Å². The van der Waals surface area contributed by atoms with Crippen LogP contribution in [0.1, 0.15) is 18.9 Å². The van der Waals surface area contributed by atoms with Crippen LogP contribution < -0.4 is 11.5 Å². The average Bonchev–Trinajstić information content (AvgIpc) is 2.60. The van der Waals surface area contributed by atoms with Crippen molar-refractivity contribution in [3.63, 3.8) is 0 Å². The second-order valence-electron chi connectivity index (χ2n) is 3.21. The maximum absolute atomic E-state index is 5.93. The van der Waals surface area contributed by atoms with Gasteiger partial charge < -0.3 is 11.5 Å². The molecule has 5 nitrogen and oxygen atoms in total. The molecule has 0 fully saturated rings. The number of anilines is 2. The first kappa shape index (κ1) is 8.80. The molecular weight excluding hydrogens is 178 g/mol. The van der Waals surface area contributed by atoms with Crippen molar-refractivity contribution in [3.8, 4) is 0 Å². The normalized spacial score (nSPS) is 10.9. The lowest BCUT2D eigenvalue weighted by atomic mass is 10.1. The molecule has 0 radical (unpaired) electrons. The first-order chi connectivity index (χ1) is 6.74. The average molecular weight is 191 g/mol. The molecule has 5 heteroatoms. The number of aromatic nitrogens is 3. The Labute approximate surface area is 81.7 Å². The Bertz CT molecular complexity index is 459. The second kappa shape index (κ2) is 3.17. The fourth-order valence-corrected chi connectivity index (χ4v) is 1.52. The summed E-state index contributed by atoms with van der Waals surface area (Å²) in [6.45, 7) is 2.08. The van der Waals surface area contributed by atoms with Crippen molar-refractivity contribution in [2.24, 2.45) is 0 Å². The van der Waals surface area contributed by atoms with Gasteiger partial charge in [-0.05, 0) is 6.42 Å². The van der Waals surface area contributed by atoms with E-state index >= 15 is 0 Å². The molecule has 0 saturated heterocycles. The summed E-state index contributed by atoms with van der Waals surface area (Å²) in [6, 6.07) is 1.78. The topological polar surface area (TPSA) is 82.2 Å². The third kappa shape index (κ3) is 1.17. The number of hydrogen-bond donors (Lipinski definition) is 2.